The van der Waals surface area contributed by atoms with E-state index in [2.05, 4.69) is 34.4 Å². The van der Waals surface area contributed by atoms with Gasteiger partial charge in [-0.25, -0.2) is 9.37 Å². The van der Waals surface area contributed by atoms with Crippen LogP contribution in [0.1, 0.15) is 33.1 Å². The molecule has 2 fully saturated rings. The molecule has 2 atom stereocenters. The third kappa shape index (κ3) is 6.72. The van der Waals surface area contributed by atoms with Crippen molar-refractivity contribution in [2.45, 2.75) is 39.2 Å². The van der Waals surface area contributed by atoms with E-state index in [0.717, 1.165) is 45.1 Å². The van der Waals surface area contributed by atoms with Crippen LogP contribution in [0.4, 0.5) is 10.2 Å². The van der Waals surface area contributed by atoms with Gasteiger partial charge in [0.25, 0.3) is 0 Å². The second kappa shape index (κ2) is 11.7. The third-order valence-corrected chi connectivity index (χ3v) is 5.24. The van der Waals surface area contributed by atoms with Crippen LogP contribution in [0, 0.1) is 11.7 Å². The van der Waals surface area contributed by atoms with E-state index < -0.39 is 0 Å². The molecule has 1 aromatic heterocycles. The number of likely N-dealkylation sites (tertiary alicyclic amines) is 1. The molecule has 6 nitrogen and oxygen atoms in total. The first-order valence-electron chi connectivity index (χ1n) is 10.3. The summed E-state index contributed by atoms with van der Waals surface area (Å²) >= 11 is 0. The maximum absolute atomic E-state index is 14.0. The van der Waals surface area contributed by atoms with Gasteiger partial charge in [0.2, 0.25) is 0 Å². The number of anilines is 1. The van der Waals surface area contributed by atoms with Crippen LogP contribution in [0.3, 0.4) is 0 Å². The lowest BCUT2D eigenvalue weighted by molar-refractivity contribution is 0.291. The van der Waals surface area contributed by atoms with Crippen LogP contribution in [-0.4, -0.2) is 67.7 Å². The smallest absolute Gasteiger partial charge is 0.191 e. The molecule has 2 aliphatic heterocycles. The number of pyridine rings is 1. The van der Waals surface area contributed by atoms with E-state index in [4.69, 9.17) is 4.99 Å². The quantitative estimate of drug-likeness (QED) is 0.340. The molecule has 2 aliphatic rings. The van der Waals surface area contributed by atoms with E-state index >= 15 is 0 Å². The zero-order valence-corrected chi connectivity index (χ0v) is 19.4. The number of halogens is 2. The summed E-state index contributed by atoms with van der Waals surface area (Å²) in [6.07, 6.45) is 5.25. The second-order valence-electron chi connectivity index (χ2n) is 7.72. The fraction of sp³-hybridized carbons (Fsp3) is 0.700. The van der Waals surface area contributed by atoms with E-state index in [9.17, 15) is 4.39 Å². The topological polar surface area (TPSA) is 55.8 Å². The van der Waals surface area contributed by atoms with Gasteiger partial charge in [-0.3, -0.25) is 4.99 Å². The summed E-state index contributed by atoms with van der Waals surface area (Å²) < 4.78 is 14.0. The summed E-state index contributed by atoms with van der Waals surface area (Å²) in [6.45, 7) is 11.1. The van der Waals surface area contributed by atoms with Crippen molar-refractivity contribution in [1.29, 1.82) is 0 Å². The summed E-state index contributed by atoms with van der Waals surface area (Å²) in [5.41, 5.74) is 0. The minimum absolute atomic E-state index is 0. The van der Waals surface area contributed by atoms with E-state index in [1.54, 1.807) is 12.3 Å². The maximum atomic E-state index is 14.0. The number of guanidine groups is 1. The van der Waals surface area contributed by atoms with E-state index in [0.29, 0.717) is 11.7 Å². The van der Waals surface area contributed by atoms with Crippen molar-refractivity contribution in [2.75, 3.05) is 50.7 Å². The SMILES string of the molecule is CCNC(=NCC(C)CN1CCCC1)NC1CCN(c2ncccc2F)C1.I. The molecule has 158 valence electrons. The van der Waals surface area contributed by atoms with Crippen LogP contribution in [0.25, 0.3) is 0 Å². The number of nitrogens with zero attached hydrogens (tertiary/aromatic N) is 4. The zero-order valence-electron chi connectivity index (χ0n) is 17.0. The number of rotatable bonds is 7. The Balaban J connectivity index is 0.00000280. The molecule has 3 rings (SSSR count). The Morgan fingerprint density at radius 3 is 2.86 bits per heavy atom. The lowest BCUT2D eigenvalue weighted by Gasteiger charge is -2.21. The molecular formula is C20H34FIN6. The molecule has 1 aromatic rings. The Hall–Kier alpha value is -1.16. The van der Waals surface area contributed by atoms with Crippen LogP contribution in [0.2, 0.25) is 0 Å². The molecule has 8 heteroatoms. The predicted molar refractivity (Wildman–Crippen MR) is 124 cm³/mol. The van der Waals surface area contributed by atoms with Crippen LogP contribution in [-0.2, 0) is 0 Å². The highest BCUT2D eigenvalue weighted by molar-refractivity contribution is 14.0. The van der Waals surface area contributed by atoms with E-state index in [1.807, 2.05) is 4.90 Å². The molecule has 2 saturated heterocycles. The third-order valence-electron chi connectivity index (χ3n) is 5.24. The van der Waals surface area contributed by atoms with Gasteiger partial charge in [0.1, 0.15) is 0 Å². The fourth-order valence-corrected chi connectivity index (χ4v) is 3.90. The number of aliphatic imine (C=N–C) groups is 1. The summed E-state index contributed by atoms with van der Waals surface area (Å²) in [7, 11) is 0. The minimum Gasteiger partial charge on any atom is -0.357 e. The highest BCUT2D eigenvalue weighted by Gasteiger charge is 2.26. The van der Waals surface area contributed by atoms with Crippen LogP contribution in [0.5, 0.6) is 0 Å². The predicted octanol–water partition coefficient (Wildman–Crippen LogP) is 2.70. The second-order valence-corrected chi connectivity index (χ2v) is 7.72. The minimum atomic E-state index is -0.255. The van der Waals surface area contributed by atoms with Gasteiger partial charge in [-0.2, -0.15) is 0 Å². The number of hydrogen-bond donors (Lipinski definition) is 2. The van der Waals surface area contributed by atoms with Gasteiger partial charge in [0.15, 0.2) is 17.6 Å². The van der Waals surface area contributed by atoms with Crippen molar-refractivity contribution in [2.24, 2.45) is 10.9 Å². The molecule has 0 aliphatic carbocycles. The van der Waals surface area contributed by atoms with E-state index in [-0.39, 0.29) is 35.8 Å². The average molecular weight is 504 g/mol. The number of aromatic nitrogens is 1. The average Bonchev–Trinajstić information content (AvgIpc) is 3.32. The Labute approximate surface area is 185 Å². The summed E-state index contributed by atoms with van der Waals surface area (Å²) in [6, 6.07) is 3.35. The molecule has 2 unspecified atom stereocenters. The van der Waals surface area contributed by atoms with Crippen molar-refractivity contribution in [3.8, 4) is 0 Å². The molecular weight excluding hydrogens is 470 g/mol. The highest BCUT2D eigenvalue weighted by atomic mass is 127. The van der Waals surface area contributed by atoms with Crippen molar-refractivity contribution >= 4 is 35.8 Å². The first kappa shape index (κ1) is 23.1. The van der Waals surface area contributed by atoms with Gasteiger partial charge in [0, 0.05) is 45.0 Å². The lowest BCUT2D eigenvalue weighted by atomic mass is 10.2. The molecule has 28 heavy (non-hydrogen) atoms. The highest BCUT2D eigenvalue weighted by Crippen LogP contribution is 2.20. The van der Waals surface area contributed by atoms with Gasteiger partial charge in [-0.1, -0.05) is 6.92 Å². The lowest BCUT2D eigenvalue weighted by Crippen LogP contribution is -2.45. The molecule has 3 heterocycles. The molecule has 2 N–H and O–H groups in total. The first-order valence-corrected chi connectivity index (χ1v) is 10.3. The van der Waals surface area contributed by atoms with E-state index in [1.165, 1.54) is 32.0 Å². The first-order chi connectivity index (χ1) is 13.2. The zero-order chi connectivity index (χ0) is 19.1. The molecule has 0 amide bonds. The Morgan fingerprint density at radius 2 is 2.14 bits per heavy atom. The van der Waals surface area contributed by atoms with Crippen molar-refractivity contribution in [3.63, 3.8) is 0 Å². The number of hydrogen-bond acceptors (Lipinski definition) is 4. The van der Waals surface area contributed by atoms with Crippen molar-refractivity contribution in [1.82, 2.24) is 20.5 Å². The Kier molecular flexibility index (Phi) is 9.70. The summed E-state index contributed by atoms with van der Waals surface area (Å²) in [5.74, 6) is 1.60. The van der Waals surface area contributed by atoms with Crippen molar-refractivity contribution < 1.29 is 4.39 Å². The maximum Gasteiger partial charge on any atom is 0.191 e. The summed E-state index contributed by atoms with van der Waals surface area (Å²) in [4.78, 5) is 13.5. The van der Waals surface area contributed by atoms with Gasteiger partial charge >= 0.3 is 0 Å². The van der Waals surface area contributed by atoms with Crippen molar-refractivity contribution in [3.05, 3.63) is 24.1 Å². The number of nitrogens with one attached hydrogen (secondary N) is 2. The fourth-order valence-electron chi connectivity index (χ4n) is 3.90. The normalized spacial score (nSPS) is 21.5. The van der Waals surface area contributed by atoms with Crippen LogP contribution < -0.4 is 15.5 Å². The van der Waals surface area contributed by atoms with Gasteiger partial charge in [0.05, 0.1) is 0 Å². The molecule has 0 saturated carbocycles. The van der Waals surface area contributed by atoms with Gasteiger partial charge in [-0.15, -0.1) is 24.0 Å². The molecule has 0 radical (unpaired) electrons. The van der Waals surface area contributed by atoms with Gasteiger partial charge < -0.3 is 20.4 Å². The van der Waals surface area contributed by atoms with Gasteiger partial charge in [-0.05, 0) is 57.3 Å². The van der Waals surface area contributed by atoms with Crippen LogP contribution >= 0.6 is 24.0 Å². The molecule has 0 spiro atoms. The molecule has 0 aromatic carbocycles. The summed E-state index contributed by atoms with van der Waals surface area (Å²) in [5, 5.41) is 6.86. The Bertz CT molecular complexity index is 622. The largest absolute Gasteiger partial charge is 0.357 e. The molecule has 0 bridgehead atoms. The standard InChI is InChI=1S/C20H33FN6.HI/c1-3-22-20(24-13-16(2)14-26-10-4-5-11-26)25-17-8-12-27(15-17)19-18(21)7-6-9-23-19;/h6-7,9,16-17H,3-5,8,10-15H2,1-2H3,(H2,22,24,25);1H. The van der Waals surface area contributed by atoms with Crippen LogP contribution in [0.15, 0.2) is 23.3 Å². The Morgan fingerprint density at radius 1 is 1.36 bits per heavy atom. The monoisotopic (exact) mass is 504 g/mol.